The Bertz CT molecular complexity index is 1050. The normalized spacial score (nSPS) is 15.1. The number of phenolic OH excluding ortho intramolecular Hbond substituents is 1. The SMILES string of the molecule is O=C(CN1C(=O)/C(=C/c2cc(Cl)ccc2O)SC1=S)Nc1ccc(C(=O)O)cc1. The quantitative estimate of drug-likeness (QED) is 0.474. The number of aromatic hydroxyl groups is 1. The number of carboxylic acids is 1. The van der Waals surface area contributed by atoms with E-state index >= 15 is 0 Å². The van der Waals surface area contributed by atoms with Gasteiger partial charge >= 0.3 is 5.97 Å². The number of nitrogens with one attached hydrogen (secondary N) is 1. The summed E-state index contributed by atoms with van der Waals surface area (Å²) in [6.07, 6.45) is 1.46. The molecule has 3 N–H and O–H groups in total. The third-order valence-electron chi connectivity index (χ3n) is 3.87. The average Bonchev–Trinajstić information content (AvgIpc) is 2.92. The summed E-state index contributed by atoms with van der Waals surface area (Å²) < 4.78 is 0.208. The van der Waals surface area contributed by atoms with Crippen molar-refractivity contribution >= 4 is 69.4 Å². The van der Waals surface area contributed by atoms with Crippen LogP contribution in [0.4, 0.5) is 5.69 Å². The number of benzene rings is 2. The monoisotopic (exact) mass is 448 g/mol. The number of thioether (sulfide) groups is 1. The molecule has 0 aromatic heterocycles. The van der Waals surface area contributed by atoms with Gasteiger partial charge in [0.05, 0.1) is 10.5 Å². The van der Waals surface area contributed by atoms with Gasteiger partial charge in [-0.1, -0.05) is 35.6 Å². The summed E-state index contributed by atoms with van der Waals surface area (Å²) >= 11 is 12.1. The van der Waals surface area contributed by atoms with Gasteiger partial charge in [-0.15, -0.1) is 0 Å². The smallest absolute Gasteiger partial charge is 0.335 e. The van der Waals surface area contributed by atoms with Crippen molar-refractivity contribution in [3.63, 3.8) is 0 Å². The number of phenols is 1. The summed E-state index contributed by atoms with van der Waals surface area (Å²) in [6, 6.07) is 10.1. The number of rotatable bonds is 5. The Kier molecular flexibility index (Phi) is 6.21. The predicted molar refractivity (Wildman–Crippen MR) is 115 cm³/mol. The fourth-order valence-electron chi connectivity index (χ4n) is 2.46. The lowest BCUT2D eigenvalue weighted by Gasteiger charge is -2.14. The van der Waals surface area contributed by atoms with Crippen molar-refractivity contribution in [2.45, 2.75) is 0 Å². The lowest BCUT2D eigenvalue weighted by molar-refractivity contribution is -0.126. The van der Waals surface area contributed by atoms with E-state index in [9.17, 15) is 19.5 Å². The molecular weight excluding hydrogens is 436 g/mol. The molecule has 0 atom stereocenters. The number of amides is 2. The maximum atomic E-state index is 12.6. The zero-order chi connectivity index (χ0) is 21.1. The average molecular weight is 449 g/mol. The Balaban J connectivity index is 1.69. The van der Waals surface area contributed by atoms with Crippen molar-refractivity contribution in [2.75, 3.05) is 11.9 Å². The molecule has 2 amide bonds. The van der Waals surface area contributed by atoms with Crippen LogP contribution in [0.25, 0.3) is 6.08 Å². The first kappa shape index (κ1) is 20.8. The molecule has 0 unspecified atom stereocenters. The van der Waals surface area contributed by atoms with Crippen LogP contribution >= 0.6 is 35.6 Å². The zero-order valence-electron chi connectivity index (χ0n) is 14.6. The predicted octanol–water partition coefficient (Wildman–Crippen LogP) is 3.58. The third kappa shape index (κ3) is 4.94. The third-order valence-corrected chi connectivity index (χ3v) is 5.48. The number of halogens is 1. The number of nitrogens with zero attached hydrogens (tertiary/aromatic N) is 1. The van der Waals surface area contributed by atoms with E-state index in [-0.39, 0.29) is 27.1 Å². The van der Waals surface area contributed by atoms with Crippen LogP contribution in [0.1, 0.15) is 15.9 Å². The van der Waals surface area contributed by atoms with Crippen LogP contribution in [0.15, 0.2) is 47.4 Å². The summed E-state index contributed by atoms with van der Waals surface area (Å²) in [7, 11) is 0. The van der Waals surface area contributed by atoms with Crippen LogP contribution in [-0.4, -0.2) is 43.8 Å². The first-order valence-corrected chi connectivity index (χ1v) is 9.72. The second-order valence-corrected chi connectivity index (χ2v) is 8.01. The Morgan fingerprint density at radius 1 is 1.21 bits per heavy atom. The summed E-state index contributed by atoms with van der Waals surface area (Å²) in [5.41, 5.74) is 0.847. The molecule has 2 aromatic rings. The molecule has 2 aromatic carbocycles. The molecule has 0 radical (unpaired) electrons. The van der Waals surface area contributed by atoms with Gasteiger partial charge in [-0.25, -0.2) is 4.79 Å². The van der Waals surface area contributed by atoms with E-state index in [0.717, 1.165) is 16.7 Å². The van der Waals surface area contributed by atoms with Gasteiger partial charge in [0.1, 0.15) is 16.6 Å². The van der Waals surface area contributed by atoms with Gasteiger partial charge in [-0.05, 0) is 48.5 Å². The molecule has 10 heteroatoms. The standard InChI is InChI=1S/C19H13ClN2O5S2/c20-12-3-6-14(23)11(7-12)8-15-17(25)22(19(28)29-15)9-16(24)21-13-4-1-10(2-5-13)18(26)27/h1-8,23H,9H2,(H,21,24)(H,26,27)/b15-8-. The van der Waals surface area contributed by atoms with Crippen LogP contribution in [0.2, 0.25) is 5.02 Å². The highest BCUT2D eigenvalue weighted by Crippen LogP contribution is 2.34. The van der Waals surface area contributed by atoms with Gasteiger partial charge in [-0.3, -0.25) is 14.5 Å². The topological polar surface area (TPSA) is 107 Å². The molecule has 1 saturated heterocycles. The van der Waals surface area contributed by atoms with E-state index in [0.29, 0.717) is 16.3 Å². The molecule has 0 spiro atoms. The highest BCUT2D eigenvalue weighted by atomic mass is 35.5. The summed E-state index contributed by atoms with van der Waals surface area (Å²) in [5, 5.41) is 21.8. The van der Waals surface area contributed by atoms with Crippen molar-refractivity contribution in [3.8, 4) is 5.75 Å². The van der Waals surface area contributed by atoms with E-state index in [1.807, 2.05) is 0 Å². The summed E-state index contributed by atoms with van der Waals surface area (Å²) in [4.78, 5) is 37.2. The number of carbonyl (C=O) groups is 3. The zero-order valence-corrected chi connectivity index (χ0v) is 17.0. The Labute approximate surface area is 180 Å². The van der Waals surface area contributed by atoms with E-state index in [4.69, 9.17) is 28.9 Å². The molecule has 0 bridgehead atoms. The summed E-state index contributed by atoms with van der Waals surface area (Å²) in [6.45, 7) is -0.301. The lowest BCUT2D eigenvalue weighted by Crippen LogP contribution is -2.36. The maximum absolute atomic E-state index is 12.6. The first-order chi connectivity index (χ1) is 13.7. The van der Waals surface area contributed by atoms with Crippen molar-refractivity contribution in [1.82, 2.24) is 4.90 Å². The van der Waals surface area contributed by atoms with Crippen molar-refractivity contribution in [2.24, 2.45) is 0 Å². The van der Waals surface area contributed by atoms with Crippen LogP contribution in [0.5, 0.6) is 5.75 Å². The first-order valence-electron chi connectivity index (χ1n) is 8.11. The van der Waals surface area contributed by atoms with E-state index in [1.54, 1.807) is 0 Å². The Hall–Kier alpha value is -2.88. The molecule has 0 saturated carbocycles. The number of hydrogen-bond acceptors (Lipinski definition) is 6. The minimum absolute atomic E-state index is 0.0396. The summed E-state index contributed by atoms with van der Waals surface area (Å²) in [5.74, 6) is -2.06. The molecule has 1 aliphatic rings. The van der Waals surface area contributed by atoms with Crippen LogP contribution in [0.3, 0.4) is 0 Å². The van der Waals surface area contributed by atoms with Gasteiger partial charge in [-0.2, -0.15) is 0 Å². The lowest BCUT2D eigenvalue weighted by atomic mass is 10.2. The molecular formula is C19H13ClN2O5S2. The van der Waals surface area contributed by atoms with Gasteiger partial charge in [0.25, 0.3) is 5.91 Å². The van der Waals surface area contributed by atoms with E-state index in [1.165, 1.54) is 48.5 Å². The van der Waals surface area contributed by atoms with E-state index < -0.39 is 17.8 Å². The number of hydrogen-bond donors (Lipinski definition) is 3. The second-order valence-electron chi connectivity index (χ2n) is 5.90. The number of carboxylic acid groups (broad SMARTS) is 1. The van der Waals surface area contributed by atoms with E-state index in [2.05, 4.69) is 5.32 Å². The number of anilines is 1. The number of carbonyl (C=O) groups excluding carboxylic acids is 2. The Morgan fingerprint density at radius 3 is 2.55 bits per heavy atom. The highest BCUT2D eigenvalue weighted by Gasteiger charge is 2.33. The largest absolute Gasteiger partial charge is 0.507 e. The van der Waals surface area contributed by atoms with Crippen LogP contribution < -0.4 is 5.32 Å². The van der Waals surface area contributed by atoms with Crippen LogP contribution in [0, 0.1) is 0 Å². The number of thiocarbonyl (C=S) groups is 1. The molecule has 3 rings (SSSR count). The minimum atomic E-state index is -1.07. The second kappa shape index (κ2) is 8.64. The molecule has 1 aliphatic heterocycles. The molecule has 7 nitrogen and oxygen atoms in total. The number of aromatic carboxylic acids is 1. The fourth-order valence-corrected chi connectivity index (χ4v) is 3.89. The van der Waals surface area contributed by atoms with Crippen molar-refractivity contribution in [3.05, 3.63) is 63.5 Å². The van der Waals surface area contributed by atoms with Crippen LogP contribution in [-0.2, 0) is 9.59 Å². The van der Waals surface area contributed by atoms with Gasteiger partial charge in [0.15, 0.2) is 0 Å². The van der Waals surface area contributed by atoms with Crippen molar-refractivity contribution in [1.29, 1.82) is 0 Å². The maximum Gasteiger partial charge on any atom is 0.335 e. The molecule has 0 aliphatic carbocycles. The van der Waals surface area contributed by atoms with Gasteiger partial charge in [0.2, 0.25) is 5.91 Å². The Morgan fingerprint density at radius 2 is 1.90 bits per heavy atom. The molecule has 1 heterocycles. The molecule has 1 fully saturated rings. The van der Waals surface area contributed by atoms with Gasteiger partial charge in [0, 0.05) is 16.3 Å². The highest BCUT2D eigenvalue weighted by molar-refractivity contribution is 8.26. The fraction of sp³-hybridized carbons (Fsp3) is 0.0526. The van der Waals surface area contributed by atoms with Gasteiger partial charge < -0.3 is 15.5 Å². The molecule has 29 heavy (non-hydrogen) atoms. The molecule has 148 valence electrons. The minimum Gasteiger partial charge on any atom is -0.507 e. The van der Waals surface area contributed by atoms with Crippen molar-refractivity contribution < 1.29 is 24.6 Å².